The van der Waals surface area contributed by atoms with Crippen molar-refractivity contribution in [3.05, 3.63) is 210 Å². The fourth-order valence-electron chi connectivity index (χ4n) is 11.3. The van der Waals surface area contributed by atoms with E-state index in [1.54, 1.807) is 0 Å². The molecular formula is C64H48N6. The van der Waals surface area contributed by atoms with Crippen LogP contribution >= 0.6 is 0 Å². The van der Waals surface area contributed by atoms with Crippen molar-refractivity contribution in [1.29, 1.82) is 5.26 Å². The van der Waals surface area contributed by atoms with Gasteiger partial charge in [0.1, 0.15) is 0 Å². The highest BCUT2D eigenvalue weighted by molar-refractivity contribution is 6.32. The molecule has 0 unspecified atom stereocenters. The van der Waals surface area contributed by atoms with Crippen molar-refractivity contribution in [2.24, 2.45) is 0 Å². The first-order valence-corrected chi connectivity index (χ1v) is 24.0. The third-order valence-corrected chi connectivity index (χ3v) is 14.6. The minimum absolute atomic E-state index is 0.0671. The minimum atomic E-state index is -0.0687. The van der Waals surface area contributed by atoms with Crippen LogP contribution in [0, 0.1) is 17.9 Å². The van der Waals surface area contributed by atoms with Crippen LogP contribution in [0.15, 0.2) is 182 Å². The zero-order chi connectivity index (χ0) is 47.8. The van der Waals surface area contributed by atoms with E-state index in [1.165, 1.54) is 65.3 Å². The number of para-hydroxylation sites is 2. The molecule has 70 heavy (non-hydrogen) atoms. The molecule has 0 fully saturated rings. The summed E-state index contributed by atoms with van der Waals surface area (Å²) in [6.07, 6.45) is 0. The van der Waals surface area contributed by atoms with Gasteiger partial charge >= 0.3 is 0 Å². The van der Waals surface area contributed by atoms with E-state index in [4.69, 9.17) is 6.57 Å². The maximum atomic E-state index is 10.1. The van der Waals surface area contributed by atoms with Crippen molar-refractivity contribution in [3.8, 4) is 6.07 Å². The molecule has 13 aromatic rings. The second-order valence-electron chi connectivity index (χ2n) is 20.9. The molecule has 0 aliphatic carbocycles. The summed E-state index contributed by atoms with van der Waals surface area (Å²) in [5.41, 5.74) is 16.7. The van der Waals surface area contributed by atoms with Gasteiger partial charge in [-0.3, -0.25) is 0 Å². The highest BCUT2D eigenvalue weighted by Crippen LogP contribution is 2.52. The predicted octanol–water partition coefficient (Wildman–Crippen LogP) is 17.9. The summed E-state index contributed by atoms with van der Waals surface area (Å²) < 4.78 is 5.02. The van der Waals surface area contributed by atoms with Crippen molar-refractivity contribution in [1.82, 2.24) is 8.80 Å². The average Bonchev–Trinajstić information content (AvgIpc) is 4.10. The Morgan fingerprint density at radius 1 is 0.429 bits per heavy atom. The lowest BCUT2D eigenvalue weighted by molar-refractivity contribution is 0.591. The maximum Gasteiger partial charge on any atom is 0.189 e. The quantitative estimate of drug-likeness (QED) is 0.156. The van der Waals surface area contributed by atoms with E-state index in [0.29, 0.717) is 11.3 Å². The Hall–Kier alpha value is -8.84. The topological polar surface area (TPSA) is 43.5 Å². The van der Waals surface area contributed by atoms with Crippen molar-refractivity contribution < 1.29 is 0 Å². The van der Waals surface area contributed by atoms with E-state index < -0.39 is 0 Å². The highest BCUT2D eigenvalue weighted by Gasteiger charge is 2.29. The van der Waals surface area contributed by atoms with Gasteiger partial charge in [0.05, 0.1) is 62.7 Å². The number of benzene rings is 9. The van der Waals surface area contributed by atoms with Gasteiger partial charge in [0.25, 0.3) is 0 Å². The molecule has 0 saturated carbocycles. The zero-order valence-electron chi connectivity index (χ0n) is 40.0. The zero-order valence-corrected chi connectivity index (χ0v) is 40.0. The van der Waals surface area contributed by atoms with Crippen LogP contribution < -0.4 is 9.80 Å². The molecule has 0 radical (unpaired) electrons. The largest absolute Gasteiger partial charge is 0.311 e. The molecule has 9 aromatic carbocycles. The fraction of sp³-hybridized carbons (Fsp3) is 0.125. The van der Waals surface area contributed by atoms with Crippen LogP contribution in [0.25, 0.3) is 81.0 Å². The average molecular weight is 901 g/mol. The highest BCUT2D eigenvalue weighted by atomic mass is 15.2. The Kier molecular flexibility index (Phi) is 8.76. The maximum absolute atomic E-state index is 10.1. The van der Waals surface area contributed by atoms with E-state index in [9.17, 15) is 5.26 Å². The Morgan fingerprint density at radius 3 is 1.34 bits per heavy atom. The first-order valence-electron chi connectivity index (χ1n) is 24.0. The number of hydrogen-bond acceptors (Lipinski definition) is 3. The Balaban J connectivity index is 1.16. The summed E-state index contributed by atoms with van der Waals surface area (Å²) in [6, 6.07) is 67.5. The number of nitrogens with zero attached hydrogens (tertiary/aromatic N) is 6. The number of aromatic nitrogens is 2. The molecule has 334 valence electrons. The standard InChI is InChI=1S/C64H48N6/c1-63(2,3)40-24-28-53-51(33-40)59-55(67(43-18-10-8-11-19-43)45-22-14-16-39(32-45)38-65)30-26-47-49-36-58-50(37-57(49)69(53)61(47)59)48-27-31-56(60-52-34-41(64(4,5)6)25-29-54(52)70(58)62(48)60)68(44-20-12-9-13-21-44)46-23-15-17-42(35-46)66-7/h8-37H,1-6H3. The third kappa shape index (κ3) is 5.97. The number of nitriles is 1. The molecule has 0 amide bonds. The molecule has 0 aliphatic heterocycles. The first kappa shape index (κ1) is 41.4. The van der Waals surface area contributed by atoms with E-state index in [-0.39, 0.29) is 10.8 Å². The predicted molar refractivity (Wildman–Crippen MR) is 294 cm³/mol. The van der Waals surface area contributed by atoms with E-state index >= 15 is 0 Å². The van der Waals surface area contributed by atoms with Crippen LogP contribution in [-0.4, -0.2) is 8.80 Å². The van der Waals surface area contributed by atoms with E-state index in [2.05, 4.69) is 217 Å². The Bertz CT molecular complexity index is 4060. The molecule has 0 N–H and O–H groups in total. The van der Waals surface area contributed by atoms with Gasteiger partial charge in [-0.1, -0.05) is 120 Å². The Labute approximate surface area is 406 Å². The lowest BCUT2D eigenvalue weighted by Crippen LogP contribution is -2.11. The monoisotopic (exact) mass is 900 g/mol. The normalized spacial score (nSPS) is 12.4. The summed E-state index contributed by atoms with van der Waals surface area (Å²) in [4.78, 5) is 8.49. The van der Waals surface area contributed by atoms with Gasteiger partial charge in [-0.05, 0) is 125 Å². The number of anilines is 6. The summed E-state index contributed by atoms with van der Waals surface area (Å²) in [5.74, 6) is 0. The van der Waals surface area contributed by atoms with Gasteiger partial charge < -0.3 is 18.6 Å². The van der Waals surface area contributed by atoms with Crippen LogP contribution in [0.3, 0.4) is 0 Å². The second kappa shape index (κ2) is 14.8. The van der Waals surface area contributed by atoms with Crippen molar-refractivity contribution in [2.75, 3.05) is 9.80 Å². The van der Waals surface area contributed by atoms with Gasteiger partial charge in [-0.15, -0.1) is 0 Å². The van der Waals surface area contributed by atoms with Crippen molar-refractivity contribution in [3.63, 3.8) is 0 Å². The van der Waals surface area contributed by atoms with E-state index in [0.717, 1.165) is 56.2 Å². The number of rotatable bonds is 6. The van der Waals surface area contributed by atoms with Gasteiger partial charge in [0.15, 0.2) is 5.69 Å². The summed E-state index contributed by atoms with van der Waals surface area (Å²) in [6.45, 7) is 21.6. The number of hydrogen-bond donors (Lipinski definition) is 0. The first-order chi connectivity index (χ1) is 33.9. The molecule has 4 heterocycles. The fourth-order valence-corrected chi connectivity index (χ4v) is 11.3. The van der Waals surface area contributed by atoms with Crippen LogP contribution in [-0.2, 0) is 10.8 Å². The van der Waals surface area contributed by atoms with E-state index in [1.807, 2.05) is 36.4 Å². The molecule has 0 spiro atoms. The molecule has 0 aliphatic rings. The molecule has 13 rings (SSSR count). The Morgan fingerprint density at radius 2 is 0.886 bits per heavy atom. The lowest BCUT2D eigenvalue weighted by atomic mass is 9.86. The van der Waals surface area contributed by atoms with Crippen molar-refractivity contribution >= 4 is 116 Å². The SMILES string of the molecule is [C-]#[N+]c1cccc(N(c2ccccc2)c2ccc3c4cc5c(cc4n4c6ccc(C(C)(C)C)cc6c2c34)c2ccc(N(c3ccccc3)c3cccc(C#N)c3)c3c4cc(C(C)(C)C)ccc4n5c23)c1. The summed E-state index contributed by atoms with van der Waals surface area (Å²) in [7, 11) is 0. The molecular weight excluding hydrogens is 853 g/mol. The van der Waals surface area contributed by atoms with Crippen molar-refractivity contribution in [2.45, 2.75) is 52.4 Å². The smallest absolute Gasteiger partial charge is 0.189 e. The van der Waals surface area contributed by atoms with Crippen LogP contribution in [0.2, 0.25) is 0 Å². The third-order valence-electron chi connectivity index (χ3n) is 14.6. The molecule has 4 aromatic heterocycles. The van der Waals surface area contributed by atoms with Gasteiger partial charge in [0.2, 0.25) is 0 Å². The molecule has 6 nitrogen and oxygen atoms in total. The molecule has 0 atom stereocenters. The summed E-state index contributed by atoms with van der Waals surface area (Å²) in [5, 5.41) is 19.6. The van der Waals surface area contributed by atoms with Gasteiger partial charge in [-0.2, -0.15) is 5.26 Å². The minimum Gasteiger partial charge on any atom is -0.311 e. The molecule has 6 heteroatoms. The second-order valence-corrected chi connectivity index (χ2v) is 20.9. The van der Waals surface area contributed by atoms with Crippen LogP contribution in [0.5, 0.6) is 0 Å². The van der Waals surface area contributed by atoms with Crippen LogP contribution in [0.4, 0.5) is 39.8 Å². The van der Waals surface area contributed by atoms with Crippen LogP contribution in [0.1, 0.15) is 58.2 Å². The molecule has 0 bridgehead atoms. The molecule has 0 saturated heterocycles. The van der Waals surface area contributed by atoms with Gasteiger partial charge in [0, 0.05) is 65.8 Å². The number of fused-ring (bicyclic) bond motifs is 12. The lowest BCUT2D eigenvalue weighted by Gasteiger charge is -2.27. The van der Waals surface area contributed by atoms with Gasteiger partial charge in [-0.25, -0.2) is 4.85 Å². The summed E-state index contributed by atoms with van der Waals surface area (Å²) >= 11 is 0.